The van der Waals surface area contributed by atoms with Gasteiger partial charge in [0, 0.05) is 26.2 Å². The summed E-state index contributed by atoms with van der Waals surface area (Å²) < 4.78 is 46.7. The Morgan fingerprint density at radius 2 is 1.79 bits per heavy atom. The summed E-state index contributed by atoms with van der Waals surface area (Å²) in [4.78, 5) is 14.9. The van der Waals surface area contributed by atoms with Gasteiger partial charge in [0.2, 0.25) is 15.9 Å². The molecule has 1 amide bonds. The van der Waals surface area contributed by atoms with Crippen LogP contribution in [0.3, 0.4) is 0 Å². The fraction of sp³-hybridized carbons (Fsp3) is 0.480. The van der Waals surface area contributed by atoms with Crippen molar-refractivity contribution in [3.05, 3.63) is 59.9 Å². The Kier molecular flexibility index (Phi) is 7.34. The van der Waals surface area contributed by atoms with Crippen LogP contribution in [0, 0.1) is 17.7 Å². The molecule has 178 valence electrons. The van der Waals surface area contributed by atoms with Gasteiger partial charge in [-0.1, -0.05) is 30.3 Å². The molecule has 2 aliphatic rings. The van der Waals surface area contributed by atoms with Crippen molar-refractivity contribution in [2.24, 2.45) is 11.8 Å². The number of hydrogen-bond acceptors (Lipinski definition) is 4. The van der Waals surface area contributed by atoms with Gasteiger partial charge in [0.25, 0.3) is 0 Å². The van der Waals surface area contributed by atoms with Crippen molar-refractivity contribution in [3.8, 4) is 5.75 Å². The zero-order valence-electron chi connectivity index (χ0n) is 19.0. The molecule has 2 aliphatic heterocycles. The van der Waals surface area contributed by atoms with Crippen LogP contribution in [0.2, 0.25) is 0 Å². The number of sulfonamides is 1. The van der Waals surface area contributed by atoms with Crippen LogP contribution in [0.1, 0.15) is 31.2 Å². The second-order valence-corrected chi connectivity index (χ2v) is 10.9. The number of piperidine rings is 2. The fourth-order valence-electron chi connectivity index (χ4n) is 4.92. The molecule has 2 aromatic carbocycles. The van der Waals surface area contributed by atoms with Gasteiger partial charge in [0.05, 0.1) is 13.0 Å². The topological polar surface area (TPSA) is 66.9 Å². The molecule has 4 rings (SSSR count). The summed E-state index contributed by atoms with van der Waals surface area (Å²) in [6, 6.07) is 13.9. The van der Waals surface area contributed by atoms with E-state index in [4.69, 9.17) is 4.74 Å². The maximum absolute atomic E-state index is 13.8. The fourth-order valence-corrected chi connectivity index (χ4v) is 6.61. The van der Waals surface area contributed by atoms with E-state index in [1.807, 2.05) is 11.0 Å². The van der Waals surface area contributed by atoms with Gasteiger partial charge in [-0.2, -0.15) is 4.31 Å². The van der Waals surface area contributed by atoms with Gasteiger partial charge in [0.1, 0.15) is 16.5 Å². The van der Waals surface area contributed by atoms with Crippen LogP contribution >= 0.6 is 0 Å². The lowest BCUT2D eigenvalue weighted by atomic mass is 9.89. The van der Waals surface area contributed by atoms with Crippen LogP contribution in [-0.2, 0) is 21.2 Å². The Balaban J connectivity index is 1.38. The van der Waals surface area contributed by atoms with E-state index in [9.17, 15) is 17.6 Å². The largest absolute Gasteiger partial charge is 0.495 e. The summed E-state index contributed by atoms with van der Waals surface area (Å²) in [7, 11) is -2.61. The minimum atomic E-state index is -3.97. The second kappa shape index (κ2) is 10.2. The predicted molar refractivity (Wildman–Crippen MR) is 124 cm³/mol. The third-order valence-corrected chi connectivity index (χ3v) is 8.66. The zero-order chi connectivity index (χ0) is 23.4. The molecule has 0 bridgehead atoms. The zero-order valence-corrected chi connectivity index (χ0v) is 19.8. The summed E-state index contributed by atoms with van der Waals surface area (Å²) in [5, 5.41) is 0. The first kappa shape index (κ1) is 23.7. The van der Waals surface area contributed by atoms with Crippen molar-refractivity contribution in [2.45, 2.75) is 37.0 Å². The van der Waals surface area contributed by atoms with Crippen LogP contribution < -0.4 is 4.74 Å². The molecule has 0 radical (unpaired) electrons. The number of carbonyl (C=O) groups excluding carboxylic acids is 1. The van der Waals surface area contributed by atoms with Crippen LogP contribution in [0.25, 0.3) is 0 Å². The molecule has 33 heavy (non-hydrogen) atoms. The normalized spacial score (nSPS) is 20.5. The maximum Gasteiger partial charge on any atom is 0.246 e. The van der Waals surface area contributed by atoms with Crippen molar-refractivity contribution in [2.75, 3.05) is 33.3 Å². The molecule has 1 atom stereocenters. The number of hydrogen-bond donors (Lipinski definition) is 0. The van der Waals surface area contributed by atoms with Crippen LogP contribution in [0.15, 0.2) is 53.4 Å². The molecule has 0 aromatic heterocycles. The highest BCUT2D eigenvalue weighted by Crippen LogP contribution is 2.31. The van der Waals surface area contributed by atoms with Crippen LogP contribution in [0.4, 0.5) is 4.39 Å². The molecule has 0 spiro atoms. The summed E-state index contributed by atoms with van der Waals surface area (Å²) in [5.74, 6) is -0.333. The standard InChI is InChI=1S/C25H31FN2O4S/c1-32-23-10-9-22(26)17-24(23)33(30,31)28-13-5-8-21(18-28)25(29)27-14-11-20(12-15-27)16-19-6-3-2-4-7-19/h2-4,6-7,9-10,17,20-21H,5,8,11-16,18H2,1H3/t21-/m1/s1. The lowest BCUT2D eigenvalue weighted by molar-refractivity contribution is -0.138. The van der Waals surface area contributed by atoms with E-state index in [1.54, 1.807) is 0 Å². The lowest BCUT2D eigenvalue weighted by Gasteiger charge is -2.37. The van der Waals surface area contributed by atoms with Crippen molar-refractivity contribution < 1.29 is 22.3 Å². The van der Waals surface area contributed by atoms with Crippen molar-refractivity contribution in [3.63, 3.8) is 0 Å². The maximum atomic E-state index is 13.8. The molecule has 8 heteroatoms. The highest BCUT2D eigenvalue weighted by molar-refractivity contribution is 7.89. The van der Waals surface area contributed by atoms with E-state index in [-0.39, 0.29) is 29.0 Å². The van der Waals surface area contributed by atoms with Crippen molar-refractivity contribution in [1.82, 2.24) is 9.21 Å². The number of nitrogens with zero attached hydrogens (tertiary/aromatic N) is 2. The average Bonchev–Trinajstić information content (AvgIpc) is 2.85. The Labute approximate surface area is 195 Å². The van der Waals surface area contributed by atoms with Gasteiger partial charge in [-0.05, 0) is 61.8 Å². The Morgan fingerprint density at radius 3 is 2.48 bits per heavy atom. The SMILES string of the molecule is COc1ccc(F)cc1S(=O)(=O)N1CCC[C@@H](C(=O)N2CCC(Cc3ccccc3)CC2)C1. The number of benzene rings is 2. The average molecular weight is 475 g/mol. The summed E-state index contributed by atoms with van der Waals surface area (Å²) >= 11 is 0. The Morgan fingerprint density at radius 1 is 1.06 bits per heavy atom. The predicted octanol–water partition coefficient (Wildman–Crippen LogP) is 3.72. The van der Waals surface area contributed by atoms with Gasteiger partial charge in [-0.15, -0.1) is 0 Å². The monoisotopic (exact) mass is 474 g/mol. The number of halogens is 1. The first-order valence-corrected chi connectivity index (χ1v) is 13.0. The number of rotatable bonds is 6. The molecule has 2 heterocycles. The molecule has 2 saturated heterocycles. The number of amides is 1. The van der Waals surface area contributed by atoms with Gasteiger partial charge in [-0.3, -0.25) is 4.79 Å². The first-order valence-electron chi connectivity index (χ1n) is 11.5. The number of methoxy groups -OCH3 is 1. The molecular weight excluding hydrogens is 443 g/mol. The summed E-state index contributed by atoms with van der Waals surface area (Å²) in [5.41, 5.74) is 1.32. The Bertz CT molecular complexity index is 1070. The summed E-state index contributed by atoms with van der Waals surface area (Å²) in [6.07, 6.45) is 4.19. The highest BCUT2D eigenvalue weighted by Gasteiger charge is 2.37. The first-order chi connectivity index (χ1) is 15.9. The minimum absolute atomic E-state index is 0.0271. The Hall–Kier alpha value is -2.45. The van der Waals surface area contributed by atoms with E-state index in [0.29, 0.717) is 38.4 Å². The molecule has 2 aromatic rings. The van der Waals surface area contributed by atoms with E-state index in [0.717, 1.165) is 25.3 Å². The van der Waals surface area contributed by atoms with Gasteiger partial charge >= 0.3 is 0 Å². The number of ether oxygens (including phenoxy) is 1. The van der Waals surface area contributed by atoms with Gasteiger partial charge in [0.15, 0.2) is 0 Å². The minimum Gasteiger partial charge on any atom is -0.495 e. The van der Waals surface area contributed by atoms with E-state index in [1.165, 1.54) is 29.1 Å². The van der Waals surface area contributed by atoms with Crippen LogP contribution in [-0.4, -0.2) is 56.8 Å². The van der Waals surface area contributed by atoms with E-state index >= 15 is 0 Å². The third kappa shape index (κ3) is 5.38. The molecule has 2 fully saturated rings. The number of likely N-dealkylation sites (tertiary alicyclic amines) is 1. The second-order valence-electron chi connectivity index (χ2n) is 8.96. The summed E-state index contributed by atoms with van der Waals surface area (Å²) in [6.45, 7) is 1.84. The van der Waals surface area contributed by atoms with Gasteiger partial charge < -0.3 is 9.64 Å². The molecule has 0 N–H and O–H groups in total. The molecule has 0 aliphatic carbocycles. The molecule has 0 unspecified atom stereocenters. The smallest absolute Gasteiger partial charge is 0.246 e. The van der Waals surface area contributed by atoms with E-state index < -0.39 is 15.8 Å². The third-order valence-electron chi connectivity index (χ3n) is 6.77. The van der Waals surface area contributed by atoms with Crippen molar-refractivity contribution >= 4 is 15.9 Å². The van der Waals surface area contributed by atoms with Gasteiger partial charge in [-0.25, -0.2) is 12.8 Å². The molecular formula is C25H31FN2O4S. The molecule has 6 nitrogen and oxygen atoms in total. The molecule has 0 saturated carbocycles. The quantitative estimate of drug-likeness (QED) is 0.640. The lowest BCUT2D eigenvalue weighted by Crippen LogP contribution is -2.48. The van der Waals surface area contributed by atoms with Crippen LogP contribution in [0.5, 0.6) is 5.75 Å². The van der Waals surface area contributed by atoms with E-state index in [2.05, 4.69) is 24.3 Å². The van der Waals surface area contributed by atoms with Crippen molar-refractivity contribution in [1.29, 1.82) is 0 Å². The number of carbonyl (C=O) groups is 1. The highest BCUT2D eigenvalue weighted by atomic mass is 32.2.